The molecule has 1 N–H and O–H groups in total. The van der Waals surface area contributed by atoms with Gasteiger partial charge in [-0.15, -0.1) is 0 Å². The van der Waals surface area contributed by atoms with Gasteiger partial charge in [0, 0.05) is 13.1 Å². The van der Waals surface area contributed by atoms with Gasteiger partial charge in [-0.3, -0.25) is 0 Å². The zero-order valence-corrected chi connectivity index (χ0v) is 18.0. The number of nitrogens with one attached hydrogen (secondary N) is 1. The van der Waals surface area contributed by atoms with E-state index in [-0.39, 0.29) is 0 Å². The second-order valence-corrected chi connectivity index (χ2v) is 7.56. The van der Waals surface area contributed by atoms with Gasteiger partial charge in [0.25, 0.3) is 0 Å². The van der Waals surface area contributed by atoms with Crippen LogP contribution in [0.3, 0.4) is 0 Å². The number of hydrogen-bond donors (Lipinski definition) is 1. The summed E-state index contributed by atoms with van der Waals surface area (Å²) in [5.74, 6) is 1.51. The van der Waals surface area contributed by atoms with E-state index in [1.807, 2.05) is 25.1 Å². The average molecular weight is 440 g/mol. The van der Waals surface area contributed by atoms with Crippen LogP contribution in [0.2, 0.25) is 0 Å². The Balaban J connectivity index is 1.66. The molecule has 0 saturated heterocycles. The van der Waals surface area contributed by atoms with Gasteiger partial charge in [-0.05, 0) is 58.6 Å². The molecule has 0 aliphatic heterocycles. The smallest absolute Gasteiger partial charge is 0.175 e. The first kappa shape index (κ1) is 20.4. The molecule has 0 bridgehead atoms. The summed E-state index contributed by atoms with van der Waals surface area (Å²) in [5.41, 5.74) is 4.83. The molecule has 3 nitrogen and oxygen atoms in total. The van der Waals surface area contributed by atoms with Crippen LogP contribution in [-0.4, -0.2) is 6.61 Å². The molecule has 3 aromatic rings. The van der Waals surface area contributed by atoms with Crippen molar-refractivity contribution in [3.8, 4) is 11.5 Å². The highest BCUT2D eigenvalue weighted by molar-refractivity contribution is 9.10. The quantitative estimate of drug-likeness (QED) is 0.441. The van der Waals surface area contributed by atoms with Crippen LogP contribution in [0, 0.1) is 6.92 Å². The lowest BCUT2D eigenvalue weighted by Gasteiger charge is -2.16. The maximum atomic E-state index is 6.05. The zero-order valence-electron chi connectivity index (χ0n) is 16.4. The lowest BCUT2D eigenvalue weighted by Crippen LogP contribution is -2.13. The molecule has 0 spiro atoms. The molecule has 146 valence electrons. The minimum absolute atomic E-state index is 0.504. The molecule has 3 aromatic carbocycles. The van der Waals surface area contributed by atoms with Crippen molar-refractivity contribution < 1.29 is 9.47 Å². The van der Waals surface area contributed by atoms with Gasteiger partial charge in [-0.25, -0.2) is 0 Å². The number of ether oxygens (including phenoxy) is 2. The minimum Gasteiger partial charge on any atom is -0.490 e. The fraction of sp³-hybridized carbons (Fsp3) is 0.250. The van der Waals surface area contributed by atoms with Crippen molar-refractivity contribution in [1.29, 1.82) is 0 Å². The SMILES string of the molecule is CCOc1cc(CNCc2ccc(C)cc2)cc(Br)c1OCc1ccccc1. The molecule has 0 saturated carbocycles. The highest BCUT2D eigenvalue weighted by Crippen LogP contribution is 2.37. The van der Waals surface area contributed by atoms with Crippen molar-refractivity contribution in [3.05, 3.63) is 93.5 Å². The van der Waals surface area contributed by atoms with Gasteiger partial charge < -0.3 is 14.8 Å². The van der Waals surface area contributed by atoms with Gasteiger partial charge in [0.15, 0.2) is 11.5 Å². The maximum absolute atomic E-state index is 6.05. The highest BCUT2D eigenvalue weighted by Gasteiger charge is 2.12. The van der Waals surface area contributed by atoms with E-state index >= 15 is 0 Å². The number of hydrogen-bond acceptors (Lipinski definition) is 3. The zero-order chi connectivity index (χ0) is 19.8. The lowest BCUT2D eigenvalue weighted by molar-refractivity contribution is 0.267. The standard InChI is InChI=1S/C24H26BrNO2/c1-3-27-23-14-21(16-26-15-19-11-9-18(2)10-12-19)13-22(25)24(23)28-17-20-7-5-4-6-8-20/h4-14,26H,3,15-17H2,1-2H3. The van der Waals surface area contributed by atoms with Gasteiger partial charge in [0.1, 0.15) is 6.61 Å². The Morgan fingerprint density at radius 2 is 1.54 bits per heavy atom. The van der Waals surface area contributed by atoms with Gasteiger partial charge in [-0.2, -0.15) is 0 Å². The summed E-state index contributed by atoms with van der Waals surface area (Å²) in [6.07, 6.45) is 0. The summed E-state index contributed by atoms with van der Waals surface area (Å²) >= 11 is 3.65. The fourth-order valence-corrected chi connectivity index (χ4v) is 3.52. The molecule has 0 fully saturated rings. The molecule has 0 atom stereocenters. The molecule has 0 aliphatic rings. The van der Waals surface area contributed by atoms with Crippen molar-refractivity contribution in [3.63, 3.8) is 0 Å². The summed E-state index contributed by atoms with van der Waals surface area (Å²) in [5, 5.41) is 3.49. The summed E-state index contributed by atoms with van der Waals surface area (Å²) in [6.45, 7) is 6.77. The first-order valence-corrected chi connectivity index (χ1v) is 10.3. The normalized spacial score (nSPS) is 10.7. The summed E-state index contributed by atoms with van der Waals surface area (Å²) in [7, 11) is 0. The molecule has 0 aromatic heterocycles. The first-order chi connectivity index (χ1) is 13.7. The van der Waals surface area contributed by atoms with E-state index in [0.29, 0.717) is 13.2 Å². The second kappa shape index (κ2) is 10.3. The fourth-order valence-electron chi connectivity index (χ4n) is 2.91. The van der Waals surface area contributed by atoms with Crippen LogP contribution < -0.4 is 14.8 Å². The van der Waals surface area contributed by atoms with E-state index in [0.717, 1.165) is 40.2 Å². The molecule has 0 radical (unpaired) electrons. The van der Waals surface area contributed by atoms with Crippen LogP contribution in [0.25, 0.3) is 0 Å². The topological polar surface area (TPSA) is 30.5 Å². The molecule has 0 amide bonds. The van der Waals surface area contributed by atoms with Crippen molar-refractivity contribution in [1.82, 2.24) is 5.32 Å². The van der Waals surface area contributed by atoms with E-state index in [4.69, 9.17) is 9.47 Å². The summed E-state index contributed by atoms with van der Waals surface area (Å²) < 4.78 is 12.8. The van der Waals surface area contributed by atoms with Gasteiger partial charge >= 0.3 is 0 Å². The van der Waals surface area contributed by atoms with E-state index in [1.54, 1.807) is 0 Å². The lowest BCUT2D eigenvalue weighted by atomic mass is 10.1. The third-order valence-corrected chi connectivity index (χ3v) is 4.96. The molecular formula is C24H26BrNO2. The van der Waals surface area contributed by atoms with Crippen molar-refractivity contribution in [2.75, 3.05) is 6.61 Å². The largest absolute Gasteiger partial charge is 0.490 e. The molecule has 4 heteroatoms. The first-order valence-electron chi connectivity index (χ1n) is 9.54. The highest BCUT2D eigenvalue weighted by atomic mass is 79.9. The molecule has 28 heavy (non-hydrogen) atoms. The predicted octanol–water partition coefficient (Wildman–Crippen LogP) is 6.03. The Kier molecular flexibility index (Phi) is 7.52. The van der Waals surface area contributed by atoms with Gasteiger partial charge in [0.2, 0.25) is 0 Å². The van der Waals surface area contributed by atoms with Crippen molar-refractivity contribution in [2.24, 2.45) is 0 Å². The number of halogens is 1. The molecule has 0 heterocycles. The van der Waals surface area contributed by atoms with E-state index in [1.165, 1.54) is 11.1 Å². The Labute approximate surface area is 175 Å². The van der Waals surface area contributed by atoms with E-state index in [9.17, 15) is 0 Å². The molecular weight excluding hydrogens is 414 g/mol. The third-order valence-electron chi connectivity index (χ3n) is 4.37. The van der Waals surface area contributed by atoms with Crippen LogP contribution in [0.5, 0.6) is 11.5 Å². The molecule has 0 aliphatic carbocycles. The molecule has 0 unspecified atom stereocenters. The predicted molar refractivity (Wildman–Crippen MR) is 118 cm³/mol. The number of benzene rings is 3. The second-order valence-electron chi connectivity index (χ2n) is 6.70. The third kappa shape index (κ3) is 5.85. The number of rotatable bonds is 9. The summed E-state index contributed by atoms with van der Waals surface area (Å²) in [6, 6.07) is 22.9. The monoisotopic (exact) mass is 439 g/mol. The van der Waals surface area contributed by atoms with E-state index in [2.05, 4.69) is 76.7 Å². The number of aryl methyl sites for hydroxylation is 1. The van der Waals surface area contributed by atoms with Crippen LogP contribution >= 0.6 is 15.9 Å². The summed E-state index contributed by atoms with van der Waals surface area (Å²) in [4.78, 5) is 0. The average Bonchev–Trinajstić information content (AvgIpc) is 2.70. The van der Waals surface area contributed by atoms with Gasteiger partial charge in [0.05, 0.1) is 11.1 Å². The van der Waals surface area contributed by atoms with E-state index < -0.39 is 0 Å². The Bertz CT molecular complexity index is 879. The van der Waals surface area contributed by atoms with Crippen LogP contribution in [0.4, 0.5) is 0 Å². The maximum Gasteiger partial charge on any atom is 0.175 e. The van der Waals surface area contributed by atoms with Crippen molar-refractivity contribution >= 4 is 15.9 Å². The van der Waals surface area contributed by atoms with Gasteiger partial charge in [-0.1, -0.05) is 60.2 Å². The minimum atomic E-state index is 0.504. The van der Waals surface area contributed by atoms with Crippen LogP contribution in [-0.2, 0) is 19.7 Å². The Hall–Kier alpha value is -2.30. The van der Waals surface area contributed by atoms with Crippen molar-refractivity contribution in [2.45, 2.75) is 33.5 Å². The van der Waals surface area contributed by atoms with Crippen LogP contribution in [0.15, 0.2) is 71.2 Å². The Morgan fingerprint density at radius 3 is 2.25 bits per heavy atom. The molecule has 3 rings (SSSR count). The Morgan fingerprint density at radius 1 is 0.821 bits per heavy atom. The van der Waals surface area contributed by atoms with Crippen LogP contribution in [0.1, 0.15) is 29.2 Å².